The van der Waals surface area contributed by atoms with E-state index < -0.39 is 10.0 Å². The van der Waals surface area contributed by atoms with Gasteiger partial charge in [-0.15, -0.1) is 0 Å². The Morgan fingerprint density at radius 1 is 1.18 bits per heavy atom. The zero-order chi connectivity index (χ0) is 13.1. The second-order valence-electron chi connectivity index (χ2n) is 3.37. The van der Waals surface area contributed by atoms with Crippen molar-refractivity contribution < 1.29 is 8.42 Å². The third kappa shape index (κ3) is 4.99. The molecule has 8 heteroatoms. The van der Waals surface area contributed by atoms with E-state index in [4.69, 9.17) is 39.9 Å². The Kier molecular flexibility index (Phi) is 5.50. The van der Waals surface area contributed by atoms with Gasteiger partial charge in [0, 0.05) is 23.7 Å². The normalized spacial score (nSPS) is 11.8. The molecule has 0 unspecified atom stereocenters. The molecular weight excluding hydrogens is 307 g/mol. The number of nitrogens with one attached hydrogen (secondary N) is 1. The molecule has 0 aliphatic heterocycles. The fourth-order valence-corrected chi connectivity index (χ4v) is 2.27. The first-order chi connectivity index (χ1) is 7.81. The first-order valence-corrected chi connectivity index (χ1v) is 7.50. The Balaban J connectivity index is 2.61. The molecule has 0 atom stereocenters. The van der Waals surface area contributed by atoms with Crippen LogP contribution in [-0.4, -0.2) is 20.7 Å². The fourth-order valence-electron chi connectivity index (χ4n) is 1.16. The van der Waals surface area contributed by atoms with E-state index in [1.807, 2.05) is 0 Å². The van der Waals surface area contributed by atoms with E-state index in [1.165, 1.54) is 0 Å². The number of sulfonamides is 1. The van der Waals surface area contributed by atoms with Crippen LogP contribution >= 0.6 is 34.8 Å². The van der Waals surface area contributed by atoms with Gasteiger partial charge in [0.05, 0.1) is 15.8 Å². The van der Waals surface area contributed by atoms with Crippen LogP contribution in [0.15, 0.2) is 12.1 Å². The number of hydrogen-bond donors (Lipinski definition) is 2. The van der Waals surface area contributed by atoms with Crippen LogP contribution in [0.4, 0.5) is 0 Å². The Bertz CT molecular complexity index is 505. The van der Waals surface area contributed by atoms with E-state index in [1.54, 1.807) is 12.1 Å². The summed E-state index contributed by atoms with van der Waals surface area (Å²) >= 11 is 17.7. The van der Waals surface area contributed by atoms with Gasteiger partial charge in [0.15, 0.2) is 0 Å². The van der Waals surface area contributed by atoms with Crippen LogP contribution in [0.25, 0.3) is 0 Å². The van der Waals surface area contributed by atoms with Crippen molar-refractivity contribution in [3.8, 4) is 0 Å². The van der Waals surface area contributed by atoms with Crippen LogP contribution in [0, 0.1) is 0 Å². The number of nitrogens with two attached hydrogens (primary N) is 1. The van der Waals surface area contributed by atoms with Crippen LogP contribution in [0.2, 0.25) is 15.1 Å². The molecule has 0 saturated carbocycles. The Hall–Kier alpha value is -0.0400. The van der Waals surface area contributed by atoms with Gasteiger partial charge in [-0.2, -0.15) is 0 Å². The summed E-state index contributed by atoms with van der Waals surface area (Å²) < 4.78 is 21.4. The average molecular weight is 318 g/mol. The first-order valence-electron chi connectivity index (χ1n) is 4.65. The molecule has 0 spiro atoms. The summed E-state index contributed by atoms with van der Waals surface area (Å²) in [6.07, 6.45) is 0. The minimum Gasteiger partial charge on any atom is -0.312 e. The highest BCUT2D eigenvalue weighted by Crippen LogP contribution is 2.31. The molecule has 0 fully saturated rings. The van der Waals surface area contributed by atoms with Gasteiger partial charge >= 0.3 is 0 Å². The van der Waals surface area contributed by atoms with Crippen molar-refractivity contribution in [2.45, 2.75) is 6.54 Å². The smallest absolute Gasteiger partial charge is 0.210 e. The predicted molar refractivity (Wildman–Crippen MR) is 71.2 cm³/mol. The Morgan fingerprint density at radius 2 is 1.76 bits per heavy atom. The van der Waals surface area contributed by atoms with Crippen molar-refractivity contribution in [2.75, 3.05) is 12.3 Å². The van der Waals surface area contributed by atoms with Crippen molar-refractivity contribution in [2.24, 2.45) is 5.14 Å². The van der Waals surface area contributed by atoms with E-state index in [0.29, 0.717) is 27.2 Å². The molecule has 1 rings (SSSR count). The van der Waals surface area contributed by atoms with Crippen molar-refractivity contribution in [3.63, 3.8) is 0 Å². The summed E-state index contributed by atoms with van der Waals surface area (Å²) in [6, 6.07) is 3.23. The van der Waals surface area contributed by atoms with Gasteiger partial charge in [0.25, 0.3) is 0 Å². The fraction of sp³-hybridized carbons (Fsp3) is 0.333. The number of benzene rings is 1. The third-order valence-corrected chi connectivity index (χ3v) is 3.97. The lowest BCUT2D eigenvalue weighted by Gasteiger charge is -2.09. The molecule has 96 valence electrons. The molecule has 0 saturated heterocycles. The largest absolute Gasteiger partial charge is 0.312 e. The van der Waals surface area contributed by atoms with Gasteiger partial charge in [0.1, 0.15) is 0 Å². The van der Waals surface area contributed by atoms with Crippen molar-refractivity contribution in [1.82, 2.24) is 5.32 Å². The van der Waals surface area contributed by atoms with E-state index >= 15 is 0 Å². The van der Waals surface area contributed by atoms with Crippen molar-refractivity contribution in [1.29, 1.82) is 0 Å². The minimum absolute atomic E-state index is 0.150. The lowest BCUT2D eigenvalue weighted by atomic mass is 10.2. The summed E-state index contributed by atoms with van der Waals surface area (Å²) in [4.78, 5) is 0. The van der Waals surface area contributed by atoms with Gasteiger partial charge in [-0.05, 0) is 12.1 Å². The SMILES string of the molecule is NS(=O)(=O)CCNCc1c(Cl)ccc(Cl)c1Cl. The highest BCUT2D eigenvalue weighted by molar-refractivity contribution is 7.89. The molecule has 4 nitrogen and oxygen atoms in total. The zero-order valence-corrected chi connectivity index (χ0v) is 11.8. The average Bonchev–Trinajstić information content (AvgIpc) is 2.21. The highest BCUT2D eigenvalue weighted by atomic mass is 35.5. The maximum atomic E-state index is 10.7. The van der Waals surface area contributed by atoms with E-state index in [2.05, 4.69) is 5.32 Å². The Labute approximate surface area is 115 Å². The molecule has 1 aromatic carbocycles. The second kappa shape index (κ2) is 6.22. The first kappa shape index (κ1) is 15.0. The van der Waals surface area contributed by atoms with E-state index in [-0.39, 0.29) is 12.3 Å². The second-order valence-corrected chi connectivity index (χ2v) is 6.29. The molecule has 0 aromatic heterocycles. The quantitative estimate of drug-likeness (QED) is 0.644. The number of halogens is 3. The monoisotopic (exact) mass is 316 g/mol. The maximum Gasteiger partial charge on any atom is 0.210 e. The lowest BCUT2D eigenvalue weighted by Crippen LogP contribution is -2.27. The number of primary sulfonamides is 1. The van der Waals surface area contributed by atoms with Gasteiger partial charge in [-0.1, -0.05) is 34.8 Å². The predicted octanol–water partition coefficient (Wildman–Crippen LogP) is 2.02. The Morgan fingerprint density at radius 3 is 2.35 bits per heavy atom. The molecule has 0 aliphatic rings. The molecule has 0 heterocycles. The molecule has 0 bridgehead atoms. The lowest BCUT2D eigenvalue weighted by molar-refractivity contribution is 0.592. The van der Waals surface area contributed by atoms with Crippen molar-refractivity contribution in [3.05, 3.63) is 32.8 Å². The van der Waals surface area contributed by atoms with Crippen LogP contribution in [0.3, 0.4) is 0 Å². The van der Waals surface area contributed by atoms with Gasteiger partial charge in [-0.3, -0.25) is 0 Å². The minimum atomic E-state index is -3.46. The summed E-state index contributed by atoms with van der Waals surface area (Å²) in [7, 11) is -3.46. The van der Waals surface area contributed by atoms with Crippen LogP contribution in [0.1, 0.15) is 5.56 Å². The van der Waals surface area contributed by atoms with Crippen LogP contribution in [0.5, 0.6) is 0 Å². The molecule has 17 heavy (non-hydrogen) atoms. The maximum absolute atomic E-state index is 10.7. The molecule has 3 N–H and O–H groups in total. The van der Waals surface area contributed by atoms with Gasteiger partial charge in [-0.25, -0.2) is 13.6 Å². The summed E-state index contributed by atoms with van der Waals surface area (Å²) in [5, 5.41) is 8.98. The molecule has 1 aromatic rings. The summed E-state index contributed by atoms with van der Waals surface area (Å²) in [5.74, 6) is -0.150. The standard InChI is InChI=1S/C9H11Cl3N2O2S/c10-7-1-2-8(11)9(12)6(7)5-14-3-4-17(13,15)16/h1-2,14H,3-5H2,(H2,13,15,16). The van der Waals surface area contributed by atoms with Crippen LogP contribution < -0.4 is 10.5 Å². The number of rotatable bonds is 5. The highest BCUT2D eigenvalue weighted by Gasteiger charge is 2.09. The molecule has 0 aliphatic carbocycles. The van der Waals surface area contributed by atoms with Crippen LogP contribution in [-0.2, 0) is 16.6 Å². The molecule has 0 amide bonds. The van der Waals surface area contributed by atoms with Gasteiger partial charge in [0.2, 0.25) is 10.0 Å². The van der Waals surface area contributed by atoms with Gasteiger partial charge < -0.3 is 5.32 Å². The zero-order valence-electron chi connectivity index (χ0n) is 8.71. The van der Waals surface area contributed by atoms with E-state index in [9.17, 15) is 8.42 Å². The molecular formula is C9H11Cl3N2O2S. The molecule has 0 radical (unpaired) electrons. The van der Waals surface area contributed by atoms with E-state index in [0.717, 1.165) is 0 Å². The summed E-state index contributed by atoms with van der Waals surface area (Å²) in [6.45, 7) is 0.547. The summed E-state index contributed by atoms with van der Waals surface area (Å²) in [5.41, 5.74) is 0.634. The number of hydrogen-bond acceptors (Lipinski definition) is 3. The third-order valence-electron chi connectivity index (χ3n) is 2.00. The van der Waals surface area contributed by atoms with Crippen molar-refractivity contribution >= 4 is 44.8 Å². The topological polar surface area (TPSA) is 72.2 Å².